The minimum atomic E-state index is -0.296. The van der Waals surface area contributed by atoms with Crippen LogP contribution in [0.1, 0.15) is 24.1 Å². The number of carbonyl (C=O) groups excluding carboxylic acids is 1. The largest absolute Gasteiger partial charge is 0.384 e. The lowest BCUT2D eigenvalue weighted by Crippen LogP contribution is -2.34. The van der Waals surface area contributed by atoms with E-state index in [0.29, 0.717) is 13.2 Å². The summed E-state index contributed by atoms with van der Waals surface area (Å²) in [6, 6.07) is 6.26. The number of fused-ring (bicyclic) bond motifs is 1. The van der Waals surface area contributed by atoms with Gasteiger partial charge in [0.05, 0.1) is 29.8 Å². The van der Waals surface area contributed by atoms with Gasteiger partial charge in [-0.3, -0.25) is 9.48 Å². The van der Waals surface area contributed by atoms with Crippen molar-refractivity contribution in [3.8, 4) is 0 Å². The van der Waals surface area contributed by atoms with E-state index in [4.69, 9.17) is 4.74 Å². The van der Waals surface area contributed by atoms with E-state index in [1.165, 1.54) is 5.56 Å². The van der Waals surface area contributed by atoms with Crippen LogP contribution in [0.5, 0.6) is 0 Å². The Morgan fingerprint density at radius 3 is 2.90 bits per heavy atom. The van der Waals surface area contributed by atoms with Gasteiger partial charge < -0.3 is 10.1 Å². The number of hydrogen-bond donors (Lipinski definition) is 1. The van der Waals surface area contributed by atoms with E-state index in [1.807, 2.05) is 11.7 Å². The van der Waals surface area contributed by atoms with Crippen LogP contribution in [-0.4, -0.2) is 29.4 Å². The van der Waals surface area contributed by atoms with E-state index in [-0.39, 0.29) is 11.3 Å². The van der Waals surface area contributed by atoms with E-state index < -0.39 is 0 Å². The second kappa shape index (κ2) is 5.15. The average molecular weight is 287 g/mol. The molecule has 1 fully saturated rings. The Bertz CT molecular complexity index is 686. The molecule has 0 radical (unpaired) electrons. The summed E-state index contributed by atoms with van der Waals surface area (Å²) in [5, 5.41) is 8.64. The summed E-state index contributed by atoms with van der Waals surface area (Å²) in [6.07, 6.45) is 1.82. The first kappa shape index (κ1) is 14.1. The number of methoxy groups -OCH3 is 1. The molecule has 1 aliphatic rings. The van der Waals surface area contributed by atoms with Crippen molar-refractivity contribution in [3.05, 3.63) is 29.5 Å². The van der Waals surface area contributed by atoms with Crippen molar-refractivity contribution in [1.82, 2.24) is 15.1 Å². The molecule has 1 heterocycles. The molecular formula is C16H21N3O2. The van der Waals surface area contributed by atoms with Gasteiger partial charge in [-0.1, -0.05) is 11.6 Å². The molecule has 1 amide bonds. The fourth-order valence-corrected chi connectivity index (χ4v) is 2.80. The number of nitrogens with zero attached hydrogens (tertiary/aromatic N) is 2. The molecule has 1 aromatic heterocycles. The number of amides is 1. The zero-order valence-electron chi connectivity index (χ0n) is 12.8. The lowest BCUT2D eigenvalue weighted by molar-refractivity contribution is -0.128. The molecule has 112 valence electrons. The first-order valence-corrected chi connectivity index (χ1v) is 7.25. The highest BCUT2D eigenvalue weighted by molar-refractivity contribution is 5.86. The third kappa shape index (κ3) is 2.53. The molecule has 3 rings (SSSR count). The summed E-state index contributed by atoms with van der Waals surface area (Å²) in [6.45, 7) is 3.03. The van der Waals surface area contributed by atoms with Gasteiger partial charge in [-0.15, -0.1) is 0 Å². The number of ether oxygens (including phenoxy) is 1. The van der Waals surface area contributed by atoms with E-state index in [9.17, 15) is 4.79 Å². The molecule has 0 aliphatic heterocycles. The Morgan fingerprint density at radius 2 is 2.24 bits per heavy atom. The molecule has 0 unspecified atom stereocenters. The van der Waals surface area contributed by atoms with Crippen molar-refractivity contribution in [2.24, 2.45) is 12.5 Å². The smallest absolute Gasteiger partial charge is 0.228 e. The standard InChI is InChI=1S/C16H21N3O2/c1-11-4-5-14-12(8-11)13(18-19(14)2)9-17-15(20)16(6-7-16)10-21-3/h4-5,8H,6-7,9-10H2,1-3H3,(H,17,20). The minimum Gasteiger partial charge on any atom is -0.384 e. The van der Waals surface area contributed by atoms with Gasteiger partial charge in [0.15, 0.2) is 0 Å². The van der Waals surface area contributed by atoms with Gasteiger partial charge in [0, 0.05) is 19.5 Å². The normalized spacial score (nSPS) is 16.1. The second-order valence-corrected chi connectivity index (χ2v) is 5.99. The Morgan fingerprint density at radius 1 is 1.48 bits per heavy atom. The highest BCUT2D eigenvalue weighted by atomic mass is 16.5. The van der Waals surface area contributed by atoms with Crippen molar-refractivity contribution in [2.75, 3.05) is 13.7 Å². The van der Waals surface area contributed by atoms with Gasteiger partial charge in [-0.05, 0) is 31.9 Å². The predicted molar refractivity (Wildman–Crippen MR) is 80.8 cm³/mol. The number of hydrogen-bond acceptors (Lipinski definition) is 3. The lowest BCUT2D eigenvalue weighted by atomic mass is 10.1. The zero-order valence-corrected chi connectivity index (χ0v) is 12.8. The van der Waals surface area contributed by atoms with Crippen LogP contribution in [0.4, 0.5) is 0 Å². The Hall–Kier alpha value is -1.88. The van der Waals surface area contributed by atoms with Gasteiger partial charge in [-0.25, -0.2) is 0 Å². The van der Waals surface area contributed by atoms with Gasteiger partial charge in [-0.2, -0.15) is 5.10 Å². The van der Waals surface area contributed by atoms with Crippen LogP contribution in [0.15, 0.2) is 18.2 Å². The van der Waals surface area contributed by atoms with Crippen LogP contribution in [0.3, 0.4) is 0 Å². The van der Waals surface area contributed by atoms with Gasteiger partial charge in [0.25, 0.3) is 0 Å². The zero-order chi connectivity index (χ0) is 15.0. The molecule has 5 nitrogen and oxygen atoms in total. The van der Waals surface area contributed by atoms with Crippen LogP contribution in [0.25, 0.3) is 10.9 Å². The van der Waals surface area contributed by atoms with Crippen LogP contribution in [-0.2, 0) is 23.1 Å². The Balaban J connectivity index is 1.77. The van der Waals surface area contributed by atoms with Gasteiger partial charge in [0.1, 0.15) is 0 Å². The Kier molecular flexibility index (Phi) is 3.45. The maximum Gasteiger partial charge on any atom is 0.228 e. The number of aryl methyl sites for hydroxylation is 2. The lowest BCUT2D eigenvalue weighted by Gasteiger charge is -2.13. The summed E-state index contributed by atoms with van der Waals surface area (Å²) in [4.78, 5) is 12.3. The first-order valence-electron chi connectivity index (χ1n) is 7.25. The first-order chi connectivity index (χ1) is 10.1. The minimum absolute atomic E-state index is 0.0795. The fraction of sp³-hybridized carbons (Fsp3) is 0.500. The highest BCUT2D eigenvalue weighted by Crippen LogP contribution is 2.46. The highest BCUT2D eigenvalue weighted by Gasteiger charge is 2.49. The number of benzene rings is 1. The monoisotopic (exact) mass is 287 g/mol. The van der Waals surface area contributed by atoms with Crippen molar-refractivity contribution >= 4 is 16.8 Å². The van der Waals surface area contributed by atoms with Crippen molar-refractivity contribution in [2.45, 2.75) is 26.3 Å². The quantitative estimate of drug-likeness (QED) is 0.914. The van der Waals surface area contributed by atoms with Gasteiger partial charge in [0.2, 0.25) is 5.91 Å². The van der Waals surface area contributed by atoms with E-state index in [2.05, 4.69) is 35.5 Å². The third-order valence-corrected chi connectivity index (χ3v) is 4.25. The molecule has 1 saturated carbocycles. The van der Waals surface area contributed by atoms with Crippen LogP contribution in [0.2, 0.25) is 0 Å². The maximum atomic E-state index is 12.3. The molecule has 0 saturated heterocycles. The third-order valence-electron chi connectivity index (χ3n) is 4.25. The molecular weight excluding hydrogens is 266 g/mol. The molecule has 0 bridgehead atoms. The predicted octanol–water partition coefficient (Wildman–Crippen LogP) is 1.92. The maximum absolute atomic E-state index is 12.3. The molecule has 2 aromatic rings. The average Bonchev–Trinajstić information content (AvgIpc) is 3.17. The molecule has 5 heteroatoms. The summed E-state index contributed by atoms with van der Waals surface area (Å²) in [5.41, 5.74) is 2.90. The van der Waals surface area contributed by atoms with E-state index in [0.717, 1.165) is 29.4 Å². The number of carbonyl (C=O) groups is 1. The number of nitrogens with one attached hydrogen (secondary N) is 1. The molecule has 1 aliphatic carbocycles. The van der Waals surface area contributed by atoms with Crippen LogP contribution in [0, 0.1) is 12.3 Å². The fourth-order valence-electron chi connectivity index (χ4n) is 2.80. The summed E-state index contributed by atoms with van der Waals surface area (Å²) < 4.78 is 7.01. The number of rotatable bonds is 5. The summed E-state index contributed by atoms with van der Waals surface area (Å²) in [7, 11) is 3.57. The van der Waals surface area contributed by atoms with Gasteiger partial charge >= 0.3 is 0 Å². The van der Waals surface area contributed by atoms with Crippen LogP contribution < -0.4 is 5.32 Å². The van der Waals surface area contributed by atoms with E-state index >= 15 is 0 Å². The van der Waals surface area contributed by atoms with Crippen molar-refractivity contribution in [3.63, 3.8) is 0 Å². The molecule has 1 N–H and O–H groups in total. The summed E-state index contributed by atoms with van der Waals surface area (Å²) in [5.74, 6) is 0.0795. The SMILES string of the molecule is COCC1(C(=O)NCc2nn(C)c3ccc(C)cc23)CC1. The van der Waals surface area contributed by atoms with Crippen molar-refractivity contribution in [1.29, 1.82) is 0 Å². The summed E-state index contributed by atoms with van der Waals surface area (Å²) >= 11 is 0. The Labute approximate surface area is 124 Å². The molecule has 1 aromatic carbocycles. The number of aromatic nitrogens is 2. The second-order valence-electron chi connectivity index (χ2n) is 5.99. The van der Waals surface area contributed by atoms with E-state index in [1.54, 1.807) is 7.11 Å². The molecule has 0 spiro atoms. The van der Waals surface area contributed by atoms with Crippen molar-refractivity contribution < 1.29 is 9.53 Å². The van der Waals surface area contributed by atoms with Crippen LogP contribution >= 0.6 is 0 Å². The molecule has 0 atom stereocenters. The topological polar surface area (TPSA) is 56.1 Å². The molecule has 21 heavy (non-hydrogen) atoms.